The van der Waals surface area contributed by atoms with Crippen LogP contribution in [0.15, 0.2) is 60.8 Å². The Bertz CT molecular complexity index is 857. The zero-order chi connectivity index (χ0) is 16.8. The quantitative estimate of drug-likeness (QED) is 0.747. The first-order valence-corrected chi connectivity index (χ1v) is 7.53. The molecule has 2 aromatic carbocycles. The van der Waals surface area contributed by atoms with Gasteiger partial charge in [-0.3, -0.25) is 0 Å². The van der Waals surface area contributed by atoms with Gasteiger partial charge in [0.2, 0.25) is 5.95 Å². The number of aromatic nitrogens is 3. The molecule has 1 unspecified atom stereocenters. The molecule has 118 valence electrons. The summed E-state index contributed by atoms with van der Waals surface area (Å²) in [6, 6.07) is 19.5. The Balaban J connectivity index is 1.76. The highest BCUT2D eigenvalue weighted by Crippen LogP contribution is 2.20. The lowest BCUT2D eigenvalue weighted by molar-refractivity contribution is 0.841. The number of hydrogen-bond donors (Lipinski definition) is 2. The molecule has 3 aromatic rings. The van der Waals surface area contributed by atoms with Gasteiger partial charge in [0.25, 0.3) is 0 Å². The molecule has 0 amide bonds. The third kappa shape index (κ3) is 3.65. The highest BCUT2D eigenvalue weighted by atomic mass is 15.3. The molecule has 6 heteroatoms. The minimum absolute atomic E-state index is 0.0506. The van der Waals surface area contributed by atoms with Crippen molar-refractivity contribution in [3.63, 3.8) is 0 Å². The first-order valence-electron chi connectivity index (χ1n) is 7.53. The molecular weight excluding hydrogens is 300 g/mol. The van der Waals surface area contributed by atoms with Crippen LogP contribution >= 0.6 is 0 Å². The third-order valence-electron chi connectivity index (χ3n) is 3.51. The SMILES string of the molecule is CC(Nc1nncc(Nc2ccccc2C#N)n1)c1ccccc1. The number of hydrogen-bond acceptors (Lipinski definition) is 6. The maximum Gasteiger partial charge on any atom is 0.245 e. The molecule has 0 aliphatic carbocycles. The largest absolute Gasteiger partial charge is 0.346 e. The number of nitriles is 1. The van der Waals surface area contributed by atoms with Gasteiger partial charge in [-0.2, -0.15) is 15.3 Å². The Labute approximate surface area is 140 Å². The van der Waals surface area contributed by atoms with E-state index in [1.54, 1.807) is 6.07 Å². The van der Waals surface area contributed by atoms with Gasteiger partial charge in [-0.05, 0) is 24.6 Å². The van der Waals surface area contributed by atoms with E-state index < -0.39 is 0 Å². The second kappa shape index (κ2) is 7.20. The van der Waals surface area contributed by atoms with Crippen LogP contribution in [-0.4, -0.2) is 15.2 Å². The summed E-state index contributed by atoms with van der Waals surface area (Å²) in [5, 5.41) is 23.4. The Morgan fingerprint density at radius 2 is 1.79 bits per heavy atom. The average molecular weight is 316 g/mol. The minimum atomic E-state index is 0.0506. The second-order valence-corrected chi connectivity index (χ2v) is 5.22. The fraction of sp³-hybridized carbons (Fsp3) is 0.111. The van der Waals surface area contributed by atoms with Crippen molar-refractivity contribution in [3.8, 4) is 6.07 Å². The first-order chi connectivity index (χ1) is 11.8. The normalized spacial score (nSPS) is 11.3. The second-order valence-electron chi connectivity index (χ2n) is 5.22. The fourth-order valence-electron chi connectivity index (χ4n) is 2.27. The van der Waals surface area contributed by atoms with E-state index >= 15 is 0 Å². The molecule has 0 spiro atoms. The zero-order valence-corrected chi connectivity index (χ0v) is 13.1. The van der Waals surface area contributed by atoms with E-state index in [1.807, 2.05) is 55.5 Å². The molecule has 0 bridgehead atoms. The summed E-state index contributed by atoms with van der Waals surface area (Å²) in [6.07, 6.45) is 1.52. The van der Waals surface area contributed by atoms with E-state index in [0.717, 1.165) is 5.56 Å². The highest BCUT2D eigenvalue weighted by molar-refractivity contribution is 5.64. The molecule has 0 radical (unpaired) electrons. The van der Waals surface area contributed by atoms with Crippen LogP contribution in [-0.2, 0) is 0 Å². The van der Waals surface area contributed by atoms with Crippen molar-refractivity contribution >= 4 is 17.5 Å². The van der Waals surface area contributed by atoms with E-state index in [1.165, 1.54) is 6.20 Å². The molecule has 0 aliphatic rings. The lowest BCUT2D eigenvalue weighted by Gasteiger charge is -2.14. The van der Waals surface area contributed by atoms with Crippen LogP contribution < -0.4 is 10.6 Å². The van der Waals surface area contributed by atoms with Gasteiger partial charge < -0.3 is 10.6 Å². The summed E-state index contributed by atoms with van der Waals surface area (Å²) in [5.74, 6) is 0.946. The van der Waals surface area contributed by atoms with E-state index in [-0.39, 0.29) is 6.04 Å². The first kappa shape index (κ1) is 15.4. The monoisotopic (exact) mass is 316 g/mol. The summed E-state index contributed by atoms with van der Waals surface area (Å²) in [5.41, 5.74) is 2.36. The highest BCUT2D eigenvalue weighted by Gasteiger charge is 2.08. The number of anilines is 3. The van der Waals surface area contributed by atoms with Gasteiger partial charge in [-0.15, -0.1) is 5.10 Å². The molecule has 0 saturated heterocycles. The zero-order valence-electron chi connectivity index (χ0n) is 13.1. The molecule has 0 saturated carbocycles. The van der Waals surface area contributed by atoms with E-state index in [0.29, 0.717) is 23.0 Å². The molecule has 6 nitrogen and oxygen atoms in total. The Hall–Kier alpha value is -3.46. The lowest BCUT2D eigenvalue weighted by Crippen LogP contribution is -2.11. The molecule has 24 heavy (non-hydrogen) atoms. The molecule has 1 aromatic heterocycles. The smallest absolute Gasteiger partial charge is 0.245 e. The van der Waals surface area contributed by atoms with Crippen molar-refractivity contribution in [1.82, 2.24) is 15.2 Å². The predicted octanol–water partition coefficient (Wildman–Crippen LogP) is 3.66. The molecule has 3 rings (SSSR count). The van der Waals surface area contributed by atoms with Gasteiger partial charge in [0.15, 0.2) is 5.82 Å². The van der Waals surface area contributed by atoms with E-state index in [9.17, 15) is 0 Å². The van der Waals surface area contributed by atoms with Crippen LogP contribution in [0.5, 0.6) is 0 Å². The molecule has 2 N–H and O–H groups in total. The summed E-state index contributed by atoms with van der Waals surface area (Å²) < 4.78 is 0. The molecular formula is C18H16N6. The van der Waals surface area contributed by atoms with Crippen LogP contribution in [0, 0.1) is 11.3 Å². The van der Waals surface area contributed by atoms with Crippen molar-refractivity contribution in [2.24, 2.45) is 0 Å². The summed E-state index contributed by atoms with van der Waals surface area (Å²) in [4.78, 5) is 4.40. The summed E-state index contributed by atoms with van der Waals surface area (Å²) in [6.45, 7) is 2.03. The number of rotatable bonds is 5. The molecule has 1 heterocycles. The maximum atomic E-state index is 9.15. The molecule has 1 atom stereocenters. The number of benzene rings is 2. The third-order valence-corrected chi connectivity index (χ3v) is 3.51. The van der Waals surface area contributed by atoms with Crippen LogP contribution in [0.3, 0.4) is 0 Å². The lowest BCUT2D eigenvalue weighted by atomic mass is 10.1. The van der Waals surface area contributed by atoms with Crippen molar-refractivity contribution in [1.29, 1.82) is 5.26 Å². The van der Waals surface area contributed by atoms with Gasteiger partial charge in [0.05, 0.1) is 23.5 Å². The average Bonchev–Trinajstić information content (AvgIpc) is 2.63. The van der Waals surface area contributed by atoms with E-state index in [2.05, 4.69) is 31.9 Å². The maximum absolute atomic E-state index is 9.15. The van der Waals surface area contributed by atoms with Gasteiger partial charge in [-0.25, -0.2) is 0 Å². The van der Waals surface area contributed by atoms with Crippen molar-refractivity contribution < 1.29 is 0 Å². The van der Waals surface area contributed by atoms with Crippen molar-refractivity contribution in [2.75, 3.05) is 10.6 Å². The van der Waals surface area contributed by atoms with Crippen molar-refractivity contribution in [2.45, 2.75) is 13.0 Å². The Morgan fingerprint density at radius 1 is 1.04 bits per heavy atom. The summed E-state index contributed by atoms with van der Waals surface area (Å²) in [7, 11) is 0. The van der Waals surface area contributed by atoms with Gasteiger partial charge in [-0.1, -0.05) is 42.5 Å². The van der Waals surface area contributed by atoms with Gasteiger partial charge in [0.1, 0.15) is 6.07 Å². The van der Waals surface area contributed by atoms with Gasteiger partial charge in [0, 0.05) is 0 Å². The number of para-hydroxylation sites is 1. The fourth-order valence-corrected chi connectivity index (χ4v) is 2.27. The predicted molar refractivity (Wildman–Crippen MR) is 92.7 cm³/mol. The van der Waals surface area contributed by atoms with Gasteiger partial charge >= 0.3 is 0 Å². The topological polar surface area (TPSA) is 86.5 Å². The Morgan fingerprint density at radius 3 is 2.58 bits per heavy atom. The standard InChI is InChI=1S/C18H16N6/c1-13(14-7-3-2-4-8-14)21-18-23-17(12-20-24-18)22-16-10-6-5-9-15(16)11-19/h2-10,12-13H,1H3,(H2,21,22,23,24). The van der Waals surface area contributed by atoms with Crippen LogP contribution in [0.4, 0.5) is 17.5 Å². The summed E-state index contributed by atoms with van der Waals surface area (Å²) >= 11 is 0. The Kier molecular flexibility index (Phi) is 4.63. The van der Waals surface area contributed by atoms with E-state index in [4.69, 9.17) is 5.26 Å². The molecule has 0 aliphatic heterocycles. The van der Waals surface area contributed by atoms with Crippen LogP contribution in [0.2, 0.25) is 0 Å². The van der Waals surface area contributed by atoms with Crippen LogP contribution in [0.25, 0.3) is 0 Å². The van der Waals surface area contributed by atoms with Crippen LogP contribution in [0.1, 0.15) is 24.1 Å². The number of nitrogens with zero attached hydrogens (tertiary/aromatic N) is 4. The van der Waals surface area contributed by atoms with Crippen molar-refractivity contribution in [3.05, 3.63) is 71.9 Å². The number of nitrogens with one attached hydrogen (secondary N) is 2. The minimum Gasteiger partial charge on any atom is -0.346 e. The molecule has 0 fully saturated rings.